The Morgan fingerprint density at radius 3 is 2.38 bits per heavy atom. The zero-order valence-electron chi connectivity index (χ0n) is 17.4. The van der Waals surface area contributed by atoms with E-state index in [9.17, 15) is 4.79 Å². The van der Waals surface area contributed by atoms with Gasteiger partial charge in [-0.1, -0.05) is 56.5 Å². The van der Waals surface area contributed by atoms with E-state index in [0.29, 0.717) is 24.7 Å². The van der Waals surface area contributed by atoms with Crippen LogP contribution in [0.25, 0.3) is 10.9 Å². The SMILES string of the molecule is CCCCCCn1c(=O)c(OC)c(OCc2ccccc2)c2ccc(OC)cc21. The molecule has 29 heavy (non-hydrogen) atoms. The number of aromatic nitrogens is 1. The van der Waals surface area contributed by atoms with Crippen LogP contribution in [0.1, 0.15) is 38.2 Å². The Kier molecular flexibility index (Phi) is 7.17. The number of fused-ring (bicyclic) bond motifs is 1. The molecular weight excluding hydrogens is 366 g/mol. The zero-order valence-corrected chi connectivity index (χ0v) is 17.4. The number of hydrogen-bond donors (Lipinski definition) is 0. The van der Waals surface area contributed by atoms with Gasteiger partial charge in [0.05, 0.1) is 19.7 Å². The number of pyridine rings is 1. The monoisotopic (exact) mass is 395 g/mol. The van der Waals surface area contributed by atoms with Gasteiger partial charge in [0.1, 0.15) is 12.4 Å². The van der Waals surface area contributed by atoms with Crippen molar-refractivity contribution in [3.8, 4) is 17.2 Å². The van der Waals surface area contributed by atoms with Gasteiger partial charge in [0.2, 0.25) is 5.75 Å². The second-order valence-corrected chi connectivity index (χ2v) is 7.04. The van der Waals surface area contributed by atoms with Crippen molar-refractivity contribution in [3.63, 3.8) is 0 Å². The van der Waals surface area contributed by atoms with E-state index in [-0.39, 0.29) is 11.3 Å². The molecule has 0 fully saturated rings. The average Bonchev–Trinajstić information content (AvgIpc) is 2.76. The van der Waals surface area contributed by atoms with Gasteiger partial charge in [-0.25, -0.2) is 0 Å². The average molecular weight is 395 g/mol. The Morgan fingerprint density at radius 1 is 0.897 bits per heavy atom. The number of rotatable bonds is 10. The quantitative estimate of drug-likeness (QED) is 0.444. The summed E-state index contributed by atoms with van der Waals surface area (Å²) < 4.78 is 18.8. The topological polar surface area (TPSA) is 49.7 Å². The normalized spacial score (nSPS) is 10.9. The summed E-state index contributed by atoms with van der Waals surface area (Å²) in [5.41, 5.74) is 1.66. The molecular formula is C24H29NO4. The second kappa shape index (κ2) is 10.0. The summed E-state index contributed by atoms with van der Waals surface area (Å²) in [5, 5.41) is 0.841. The number of nitrogens with zero attached hydrogens (tertiary/aromatic N) is 1. The van der Waals surface area contributed by atoms with Gasteiger partial charge < -0.3 is 18.8 Å². The molecule has 2 aromatic carbocycles. The van der Waals surface area contributed by atoms with Crippen LogP contribution in [0.15, 0.2) is 53.3 Å². The molecule has 154 valence electrons. The molecule has 0 aliphatic heterocycles. The van der Waals surface area contributed by atoms with Crippen LogP contribution in [-0.4, -0.2) is 18.8 Å². The lowest BCUT2D eigenvalue weighted by molar-refractivity contribution is 0.285. The van der Waals surface area contributed by atoms with Crippen LogP contribution < -0.4 is 19.8 Å². The Labute approximate surface area is 171 Å². The Balaban J connectivity index is 2.06. The summed E-state index contributed by atoms with van der Waals surface area (Å²) in [6.45, 7) is 3.17. The van der Waals surface area contributed by atoms with Crippen LogP contribution in [0, 0.1) is 0 Å². The van der Waals surface area contributed by atoms with Gasteiger partial charge in [-0.3, -0.25) is 4.79 Å². The molecule has 5 nitrogen and oxygen atoms in total. The molecule has 0 unspecified atom stereocenters. The predicted molar refractivity (Wildman–Crippen MR) is 116 cm³/mol. The van der Waals surface area contributed by atoms with Crippen molar-refractivity contribution >= 4 is 10.9 Å². The van der Waals surface area contributed by atoms with Gasteiger partial charge in [0.25, 0.3) is 5.56 Å². The molecule has 3 aromatic rings. The van der Waals surface area contributed by atoms with E-state index in [0.717, 1.165) is 42.1 Å². The molecule has 0 atom stereocenters. The smallest absolute Gasteiger partial charge is 0.297 e. The van der Waals surface area contributed by atoms with E-state index in [1.54, 1.807) is 11.7 Å². The number of unbranched alkanes of at least 4 members (excludes halogenated alkanes) is 3. The standard InChI is InChI=1S/C24H29NO4/c1-4-5-6-10-15-25-21-16-19(27-2)13-14-20(21)22(23(28-3)24(25)26)29-17-18-11-8-7-9-12-18/h7-9,11-14,16H,4-6,10,15,17H2,1-3H3. The Morgan fingerprint density at radius 2 is 1.69 bits per heavy atom. The van der Waals surface area contributed by atoms with Gasteiger partial charge >= 0.3 is 0 Å². The lowest BCUT2D eigenvalue weighted by Crippen LogP contribution is -2.23. The van der Waals surface area contributed by atoms with Crippen molar-refractivity contribution < 1.29 is 14.2 Å². The Hall–Kier alpha value is -2.95. The van der Waals surface area contributed by atoms with Crippen molar-refractivity contribution in [2.75, 3.05) is 14.2 Å². The minimum atomic E-state index is -0.173. The number of ether oxygens (including phenoxy) is 3. The molecule has 0 spiro atoms. The Bertz CT molecular complexity index is 995. The lowest BCUT2D eigenvalue weighted by Gasteiger charge is -2.18. The summed E-state index contributed by atoms with van der Waals surface area (Å²) >= 11 is 0. The molecule has 0 amide bonds. The summed E-state index contributed by atoms with van der Waals surface area (Å²) in [6, 6.07) is 15.6. The zero-order chi connectivity index (χ0) is 20.6. The van der Waals surface area contributed by atoms with E-state index < -0.39 is 0 Å². The molecule has 0 aliphatic rings. The van der Waals surface area contributed by atoms with Crippen molar-refractivity contribution in [1.82, 2.24) is 4.57 Å². The van der Waals surface area contributed by atoms with Gasteiger partial charge in [0, 0.05) is 18.0 Å². The van der Waals surface area contributed by atoms with Gasteiger partial charge in [-0.05, 0) is 24.1 Å². The lowest BCUT2D eigenvalue weighted by atomic mass is 10.1. The van der Waals surface area contributed by atoms with Gasteiger partial charge in [0.15, 0.2) is 5.75 Å². The number of aryl methyl sites for hydroxylation is 1. The highest BCUT2D eigenvalue weighted by Gasteiger charge is 2.19. The third-order valence-electron chi connectivity index (χ3n) is 5.05. The predicted octanol–water partition coefficient (Wildman–Crippen LogP) is 5.18. The van der Waals surface area contributed by atoms with E-state index in [4.69, 9.17) is 14.2 Å². The molecule has 1 heterocycles. The van der Waals surface area contributed by atoms with E-state index in [1.165, 1.54) is 7.11 Å². The summed E-state index contributed by atoms with van der Waals surface area (Å²) in [4.78, 5) is 13.2. The first kappa shape index (κ1) is 20.8. The molecule has 0 saturated heterocycles. The van der Waals surface area contributed by atoms with Crippen LogP contribution in [-0.2, 0) is 13.2 Å². The molecule has 0 saturated carbocycles. The molecule has 0 aliphatic carbocycles. The fourth-order valence-electron chi connectivity index (χ4n) is 3.48. The van der Waals surface area contributed by atoms with E-state index in [1.807, 2.05) is 48.5 Å². The van der Waals surface area contributed by atoms with Crippen molar-refractivity contribution in [1.29, 1.82) is 0 Å². The minimum Gasteiger partial charge on any atom is -0.497 e. The van der Waals surface area contributed by atoms with Crippen LogP contribution >= 0.6 is 0 Å². The fraction of sp³-hybridized carbons (Fsp3) is 0.375. The van der Waals surface area contributed by atoms with E-state index >= 15 is 0 Å². The number of methoxy groups -OCH3 is 2. The highest BCUT2D eigenvalue weighted by Crippen LogP contribution is 2.35. The molecule has 1 aromatic heterocycles. The summed E-state index contributed by atoms with van der Waals surface area (Å²) in [7, 11) is 3.14. The maximum absolute atomic E-state index is 13.2. The number of benzene rings is 2. The molecule has 0 radical (unpaired) electrons. The third kappa shape index (κ3) is 4.73. The highest BCUT2D eigenvalue weighted by molar-refractivity contribution is 5.89. The first-order valence-corrected chi connectivity index (χ1v) is 10.1. The highest BCUT2D eigenvalue weighted by atomic mass is 16.5. The summed E-state index contributed by atoms with van der Waals surface area (Å²) in [5.74, 6) is 1.43. The van der Waals surface area contributed by atoms with Gasteiger partial charge in [-0.15, -0.1) is 0 Å². The fourth-order valence-corrected chi connectivity index (χ4v) is 3.48. The third-order valence-corrected chi connectivity index (χ3v) is 5.05. The van der Waals surface area contributed by atoms with Crippen LogP contribution in [0.5, 0.6) is 17.2 Å². The van der Waals surface area contributed by atoms with Crippen molar-refractivity contribution in [2.45, 2.75) is 45.8 Å². The second-order valence-electron chi connectivity index (χ2n) is 7.04. The maximum atomic E-state index is 13.2. The maximum Gasteiger partial charge on any atom is 0.297 e. The summed E-state index contributed by atoms with van der Waals surface area (Å²) in [6.07, 6.45) is 4.33. The number of hydrogen-bond acceptors (Lipinski definition) is 4. The molecule has 0 bridgehead atoms. The first-order chi connectivity index (χ1) is 14.2. The first-order valence-electron chi connectivity index (χ1n) is 10.1. The largest absolute Gasteiger partial charge is 0.497 e. The van der Waals surface area contributed by atoms with Gasteiger partial charge in [-0.2, -0.15) is 0 Å². The minimum absolute atomic E-state index is 0.173. The van der Waals surface area contributed by atoms with Crippen LogP contribution in [0.3, 0.4) is 0 Å². The van der Waals surface area contributed by atoms with Crippen molar-refractivity contribution in [3.05, 3.63) is 64.4 Å². The molecule has 0 N–H and O–H groups in total. The van der Waals surface area contributed by atoms with Crippen LogP contribution in [0.4, 0.5) is 0 Å². The van der Waals surface area contributed by atoms with E-state index in [2.05, 4.69) is 6.92 Å². The molecule has 3 rings (SSSR count). The van der Waals surface area contributed by atoms with Crippen molar-refractivity contribution in [2.24, 2.45) is 0 Å². The van der Waals surface area contributed by atoms with Crippen LogP contribution in [0.2, 0.25) is 0 Å². The molecule has 5 heteroatoms.